The van der Waals surface area contributed by atoms with Crippen LogP contribution < -0.4 is 16.0 Å². The average molecular weight is 447 g/mol. The van der Waals surface area contributed by atoms with Crippen LogP contribution in [0.2, 0.25) is 0 Å². The zero-order valence-corrected chi connectivity index (χ0v) is 17.6. The number of aromatic nitrogens is 1. The zero-order valence-electron chi connectivity index (χ0n) is 17.6. The highest BCUT2D eigenvalue weighted by Gasteiger charge is 2.19. The molecule has 0 fully saturated rings. The molecular weight excluding hydrogens is 426 g/mol. The van der Waals surface area contributed by atoms with E-state index in [4.69, 9.17) is 0 Å². The fourth-order valence-corrected chi connectivity index (χ4v) is 2.87. The van der Waals surface area contributed by atoms with E-state index in [2.05, 4.69) is 20.9 Å². The summed E-state index contributed by atoms with van der Waals surface area (Å²) in [5.74, 6) is -1.47. The first kappa shape index (κ1) is 23.1. The van der Waals surface area contributed by atoms with Gasteiger partial charge in [0.05, 0.1) is 17.2 Å². The molecule has 0 radical (unpaired) electrons. The molecule has 1 heterocycles. The van der Waals surface area contributed by atoms with Crippen LogP contribution in [0, 0.1) is 10.1 Å². The largest absolute Gasteiger partial charge is 0.346 e. The van der Waals surface area contributed by atoms with E-state index in [-0.39, 0.29) is 23.7 Å². The van der Waals surface area contributed by atoms with Crippen molar-refractivity contribution >= 4 is 29.1 Å². The number of non-ortho nitro benzene ring substituents is 1. The van der Waals surface area contributed by atoms with Gasteiger partial charge < -0.3 is 16.0 Å². The van der Waals surface area contributed by atoms with Gasteiger partial charge in [-0.25, -0.2) is 0 Å². The summed E-state index contributed by atoms with van der Waals surface area (Å²) in [5.41, 5.74) is 1.27. The van der Waals surface area contributed by atoms with Gasteiger partial charge in [-0.3, -0.25) is 29.5 Å². The zero-order chi connectivity index (χ0) is 23.8. The number of hydrogen-bond acceptors (Lipinski definition) is 6. The van der Waals surface area contributed by atoms with Gasteiger partial charge in [0.1, 0.15) is 6.04 Å². The molecule has 1 aromatic heterocycles. The van der Waals surface area contributed by atoms with Crippen molar-refractivity contribution < 1.29 is 19.3 Å². The van der Waals surface area contributed by atoms with Gasteiger partial charge in [-0.15, -0.1) is 0 Å². The van der Waals surface area contributed by atoms with Gasteiger partial charge in [-0.2, -0.15) is 0 Å². The summed E-state index contributed by atoms with van der Waals surface area (Å²) in [6.45, 7) is 1.74. The third kappa shape index (κ3) is 6.44. The van der Waals surface area contributed by atoms with Gasteiger partial charge in [0.25, 0.3) is 17.5 Å². The lowest BCUT2D eigenvalue weighted by molar-refractivity contribution is -0.384. The predicted molar refractivity (Wildman–Crippen MR) is 121 cm³/mol. The van der Waals surface area contributed by atoms with E-state index in [0.29, 0.717) is 16.9 Å². The molecule has 0 aliphatic carbocycles. The normalized spacial score (nSPS) is 11.2. The second-order valence-corrected chi connectivity index (χ2v) is 7.08. The molecule has 2 aromatic carbocycles. The summed E-state index contributed by atoms with van der Waals surface area (Å²) in [6, 6.07) is 16.0. The van der Waals surface area contributed by atoms with Crippen LogP contribution in [0.15, 0.2) is 72.9 Å². The maximum Gasteiger partial charge on any atom is 0.270 e. The fourth-order valence-electron chi connectivity index (χ4n) is 2.87. The van der Waals surface area contributed by atoms with E-state index in [1.165, 1.54) is 31.2 Å². The highest BCUT2D eigenvalue weighted by molar-refractivity contribution is 6.02. The van der Waals surface area contributed by atoms with Crippen molar-refractivity contribution in [3.63, 3.8) is 0 Å². The van der Waals surface area contributed by atoms with Crippen LogP contribution in [-0.4, -0.2) is 33.7 Å². The van der Waals surface area contributed by atoms with Crippen LogP contribution in [0.25, 0.3) is 0 Å². The Morgan fingerprint density at radius 1 is 0.970 bits per heavy atom. The molecule has 10 heteroatoms. The summed E-state index contributed by atoms with van der Waals surface area (Å²) < 4.78 is 0. The first-order chi connectivity index (χ1) is 15.8. The minimum atomic E-state index is -0.932. The smallest absolute Gasteiger partial charge is 0.270 e. The fraction of sp³-hybridized carbons (Fsp3) is 0.130. The van der Waals surface area contributed by atoms with Crippen molar-refractivity contribution in [2.45, 2.75) is 19.5 Å². The van der Waals surface area contributed by atoms with E-state index in [1.807, 2.05) is 6.07 Å². The van der Waals surface area contributed by atoms with E-state index < -0.39 is 22.8 Å². The maximum atomic E-state index is 12.5. The van der Waals surface area contributed by atoms with Gasteiger partial charge in [0.15, 0.2) is 0 Å². The summed E-state index contributed by atoms with van der Waals surface area (Å²) in [7, 11) is 0. The van der Waals surface area contributed by atoms with Crippen molar-refractivity contribution in [1.82, 2.24) is 15.6 Å². The van der Waals surface area contributed by atoms with Crippen molar-refractivity contribution in [2.24, 2.45) is 0 Å². The molecule has 3 amide bonds. The molecule has 0 aliphatic heterocycles. The van der Waals surface area contributed by atoms with Crippen LogP contribution in [0.5, 0.6) is 0 Å². The topological polar surface area (TPSA) is 143 Å². The van der Waals surface area contributed by atoms with Gasteiger partial charge in [0, 0.05) is 35.1 Å². The minimum absolute atomic E-state index is 0.0652. The second-order valence-electron chi connectivity index (χ2n) is 7.08. The molecule has 3 aromatic rings. The number of carbonyl (C=O) groups excluding carboxylic acids is 3. The summed E-state index contributed by atoms with van der Waals surface area (Å²) in [5, 5.41) is 18.8. The molecular formula is C23H21N5O5. The number of hydrogen-bond donors (Lipinski definition) is 3. The molecule has 33 heavy (non-hydrogen) atoms. The van der Waals surface area contributed by atoms with Crippen LogP contribution in [0.3, 0.4) is 0 Å². The summed E-state index contributed by atoms with van der Waals surface area (Å²) >= 11 is 0. The number of amides is 3. The van der Waals surface area contributed by atoms with E-state index >= 15 is 0 Å². The van der Waals surface area contributed by atoms with E-state index in [0.717, 1.165) is 6.07 Å². The van der Waals surface area contributed by atoms with Gasteiger partial charge in [-0.05, 0) is 43.3 Å². The molecule has 0 bridgehead atoms. The Morgan fingerprint density at radius 2 is 1.70 bits per heavy atom. The number of rotatable bonds is 8. The Balaban J connectivity index is 1.58. The molecule has 1 unspecified atom stereocenters. The number of carbonyl (C=O) groups is 3. The summed E-state index contributed by atoms with van der Waals surface area (Å²) in [4.78, 5) is 51.7. The first-order valence-electron chi connectivity index (χ1n) is 9.98. The van der Waals surface area contributed by atoms with Crippen molar-refractivity contribution in [3.8, 4) is 0 Å². The van der Waals surface area contributed by atoms with Crippen LogP contribution in [0.1, 0.15) is 33.3 Å². The highest BCUT2D eigenvalue weighted by Crippen LogP contribution is 2.14. The monoisotopic (exact) mass is 447 g/mol. The van der Waals surface area contributed by atoms with Crippen LogP contribution >= 0.6 is 0 Å². The Hall–Kier alpha value is -4.60. The molecule has 10 nitrogen and oxygen atoms in total. The van der Waals surface area contributed by atoms with Crippen LogP contribution in [0.4, 0.5) is 11.4 Å². The number of nitro benzene ring substituents is 1. The minimum Gasteiger partial charge on any atom is -0.346 e. The average Bonchev–Trinajstić information content (AvgIpc) is 2.83. The van der Waals surface area contributed by atoms with Crippen molar-refractivity contribution in [3.05, 3.63) is 99.9 Å². The second kappa shape index (κ2) is 10.6. The number of nitro groups is 1. The number of nitrogens with zero attached hydrogens (tertiary/aromatic N) is 2. The number of nitrogens with one attached hydrogen (secondary N) is 3. The third-order valence-electron chi connectivity index (χ3n) is 4.61. The lowest BCUT2D eigenvalue weighted by atomic mass is 10.1. The summed E-state index contributed by atoms with van der Waals surface area (Å²) in [6.07, 6.45) is 1.64. The van der Waals surface area contributed by atoms with E-state index in [1.54, 1.807) is 36.5 Å². The molecule has 0 aliphatic rings. The SMILES string of the molecule is CC(NC(=O)c1cccc([N+](=O)[O-])c1)C(=O)Nc1cccc(C(=O)NCc2ccccn2)c1. The van der Waals surface area contributed by atoms with Gasteiger partial charge in [0.2, 0.25) is 5.91 Å². The van der Waals surface area contributed by atoms with Gasteiger partial charge >= 0.3 is 0 Å². The molecule has 1 atom stereocenters. The molecule has 0 saturated heterocycles. The van der Waals surface area contributed by atoms with Gasteiger partial charge in [-0.1, -0.05) is 18.2 Å². The third-order valence-corrected chi connectivity index (χ3v) is 4.61. The molecule has 3 rings (SSSR count). The predicted octanol–water partition coefficient (Wildman–Crippen LogP) is 2.68. The van der Waals surface area contributed by atoms with Crippen molar-refractivity contribution in [2.75, 3.05) is 5.32 Å². The molecule has 0 saturated carbocycles. The Labute approximate surface area is 189 Å². The molecule has 168 valence electrons. The number of benzene rings is 2. The Kier molecular flexibility index (Phi) is 7.43. The molecule has 0 spiro atoms. The standard InChI is InChI=1S/C23H21N5O5/c1-15(26-23(31)17-7-5-10-20(13-17)28(32)33)21(29)27-18-9-4-6-16(12-18)22(30)25-14-19-8-2-3-11-24-19/h2-13,15H,14H2,1H3,(H,25,30)(H,26,31)(H,27,29). The lowest BCUT2D eigenvalue weighted by Gasteiger charge is -2.15. The Morgan fingerprint density at radius 3 is 2.39 bits per heavy atom. The highest BCUT2D eigenvalue weighted by atomic mass is 16.6. The number of pyridine rings is 1. The van der Waals surface area contributed by atoms with E-state index in [9.17, 15) is 24.5 Å². The maximum absolute atomic E-state index is 12.5. The van der Waals surface area contributed by atoms with Crippen LogP contribution in [-0.2, 0) is 11.3 Å². The Bertz CT molecular complexity index is 1180. The molecule has 3 N–H and O–H groups in total. The first-order valence-corrected chi connectivity index (χ1v) is 9.98. The van der Waals surface area contributed by atoms with Crippen molar-refractivity contribution in [1.29, 1.82) is 0 Å². The lowest BCUT2D eigenvalue weighted by Crippen LogP contribution is -2.41. The quantitative estimate of drug-likeness (QED) is 0.358. The number of anilines is 1.